The molecule has 1 heterocycles. The number of carbonyl (C=O) groups is 4. The fourth-order valence-electron chi connectivity index (χ4n) is 3.02. The first-order valence-electron chi connectivity index (χ1n) is 11.0. The van der Waals surface area contributed by atoms with E-state index in [0.717, 1.165) is 29.6 Å². The number of halogens is 1. The zero-order chi connectivity index (χ0) is 26.7. The molecule has 0 saturated carbocycles. The molecular weight excluding hydrogens is 473 g/mol. The monoisotopic (exact) mass is 505 g/mol. The predicted molar refractivity (Wildman–Crippen MR) is 134 cm³/mol. The minimum atomic E-state index is -0.866. The molecule has 10 heteroatoms. The van der Waals surface area contributed by atoms with Crippen molar-refractivity contribution in [3.05, 3.63) is 57.8 Å². The molecule has 1 aromatic rings. The molecule has 35 heavy (non-hydrogen) atoms. The maximum Gasteiger partial charge on any atom is 0.353 e. The van der Waals surface area contributed by atoms with Crippen LogP contribution in [0.1, 0.15) is 61.5 Å². The van der Waals surface area contributed by atoms with Gasteiger partial charge < -0.3 is 15.8 Å². The van der Waals surface area contributed by atoms with E-state index >= 15 is 0 Å². The Labute approximate surface area is 208 Å². The Hall–Kier alpha value is -3.40. The summed E-state index contributed by atoms with van der Waals surface area (Å²) in [5.74, 6) is -3.44. The van der Waals surface area contributed by atoms with Gasteiger partial charge >= 0.3 is 5.97 Å². The van der Waals surface area contributed by atoms with Crippen LogP contribution < -0.4 is 11.1 Å². The van der Waals surface area contributed by atoms with Crippen LogP contribution in [0.4, 0.5) is 4.39 Å². The predicted octanol–water partition coefficient (Wildman–Crippen LogP) is 4.17. The van der Waals surface area contributed by atoms with Crippen LogP contribution in [0.5, 0.6) is 0 Å². The topological polar surface area (TPSA) is 139 Å². The van der Waals surface area contributed by atoms with Crippen molar-refractivity contribution in [3.63, 3.8) is 0 Å². The molecule has 0 radical (unpaired) electrons. The normalized spacial score (nSPS) is 13.5. The first kappa shape index (κ1) is 29.6. The second kappa shape index (κ2) is 14.1. The Kier molecular flexibility index (Phi) is 11.9. The first-order chi connectivity index (χ1) is 16.3. The maximum absolute atomic E-state index is 13.8. The molecule has 2 atom stereocenters. The third-order valence-electron chi connectivity index (χ3n) is 4.94. The van der Waals surface area contributed by atoms with Gasteiger partial charge in [0.05, 0.1) is 6.04 Å². The molecule has 0 spiro atoms. The second-order valence-electron chi connectivity index (χ2n) is 8.09. The molecule has 0 aliphatic carbocycles. The van der Waals surface area contributed by atoms with Crippen LogP contribution in [0, 0.1) is 11.3 Å². The average molecular weight is 506 g/mol. The molecule has 8 nitrogen and oxygen atoms in total. The Bertz CT molecular complexity index is 1050. The number of rotatable bonds is 14. The van der Waals surface area contributed by atoms with E-state index in [1.54, 1.807) is 6.07 Å². The van der Waals surface area contributed by atoms with Gasteiger partial charge in [0.1, 0.15) is 22.3 Å². The molecular formula is C25H32FN3O5S. The zero-order valence-electron chi connectivity index (χ0n) is 20.4. The summed E-state index contributed by atoms with van der Waals surface area (Å²) in [4.78, 5) is 49.5. The molecule has 1 aromatic heterocycles. The lowest BCUT2D eigenvalue weighted by molar-refractivity contribution is -0.131. The minimum Gasteiger partial charge on any atom is -0.420 e. The van der Waals surface area contributed by atoms with Gasteiger partial charge in [-0.15, -0.1) is 11.3 Å². The van der Waals surface area contributed by atoms with Crippen LogP contribution in [0.25, 0.3) is 0 Å². The lowest BCUT2D eigenvalue weighted by atomic mass is 9.96. The molecule has 1 amide bonds. The SMILES string of the molecule is C=C(/C=C\C(OC(=O)c1ccc(C[C@H](CCC)C(=O)N[C@@H](CC(C)=O)C(C)=O)s1)=C(/C)F)C(=N)N. The third kappa shape index (κ3) is 10.2. The number of allylic oxidation sites excluding steroid dienone is 2. The molecule has 0 unspecified atom stereocenters. The van der Waals surface area contributed by atoms with Crippen molar-refractivity contribution in [1.82, 2.24) is 5.32 Å². The van der Waals surface area contributed by atoms with E-state index in [2.05, 4.69) is 11.9 Å². The van der Waals surface area contributed by atoms with E-state index in [4.69, 9.17) is 15.9 Å². The van der Waals surface area contributed by atoms with E-state index in [1.165, 1.54) is 32.1 Å². The van der Waals surface area contributed by atoms with E-state index in [0.29, 0.717) is 12.8 Å². The Morgan fingerprint density at radius 3 is 2.40 bits per heavy atom. The van der Waals surface area contributed by atoms with E-state index in [1.807, 2.05) is 6.92 Å². The van der Waals surface area contributed by atoms with Gasteiger partial charge in [0.2, 0.25) is 5.91 Å². The summed E-state index contributed by atoms with van der Waals surface area (Å²) in [6.45, 7) is 9.27. The Balaban J connectivity index is 2.94. The van der Waals surface area contributed by atoms with Gasteiger partial charge in [0.15, 0.2) is 11.5 Å². The number of esters is 1. The fraction of sp³-hybridized carbons (Fsp3) is 0.400. The molecule has 190 valence electrons. The highest BCUT2D eigenvalue weighted by atomic mass is 32.1. The number of nitrogens with two attached hydrogens (primary N) is 1. The largest absolute Gasteiger partial charge is 0.420 e. The van der Waals surface area contributed by atoms with Gasteiger partial charge in [-0.05, 0) is 57.9 Å². The highest BCUT2D eigenvalue weighted by Gasteiger charge is 2.25. The average Bonchev–Trinajstić information content (AvgIpc) is 3.23. The summed E-state index contributed by atoms with van der Waals surface area (Å²) in [7, 11) is 0. The van der Waals surface area contributed by atoms with Crippen LogP contribution in [0.2, 0.25) is 0 Å². The molecule has 0 saturated heterocycles. The molecule has 0 aromatic carbocycles. The number of ketones is 2. The van der Waals surface area contributed by atoms with Crippen LogP contribution in [-0.2, 0) is 25.5 Å². The van der Waals surface area contributed by atoms with Crippen molar-refractivity contribution in [3.8, 4) is 0 Å². The second-order valence-corrected chi connectivity index (χ2v) is 9.26. The van der Waals surface area contributed by atoms with Gasteiger partial charge in [-0.25, -0.2) is 9.18 Å². The highest BCUT2D eigenvalue weighted by molar-refractivity contribution is 7.13. The maximum atomic E-state index is 13.8. The van der Waals surface area contributed by atoms with Gasteiger partial charge in [-0.2, -0.15) is 0 Å². The number of ether oxygens (including phenoxy) is 1. The van der Waals surface area contributed by atoms with Crippen molar-refractivity contribution in [2.45, 2.75) is 59.4 Å². The number of Topliss-reactive ketones (excluding diaryl/α,β-unsaturated/α-hetero) is 2. The summed E-state index contributed by atoms with van der Waals surface area (Å²) < 4.78 is 19.0. The lowest BCUT2D eigenvalue weighted by Gasteiger charge is -2.20. The molecule has 4 N–H and O–H groups in total. The lowest BCUT2D eigenvalue weighted by Crippen LogP contribution is -2.44. The number of carbonyl (C=O) groups excluding carboxylic acids is 4. The van der Waals surface area contributed by atoms with E-state index < -0.39 is 23.8 Å². The number of amidine groups is 1. The molecule has 1 rings (SSSR count). The number of hydrogen-bond acceptors (Lipinski definition) is 7. The number of hydrogen-bond donors (Lipinski definition) is 3. The fourth-order valence-corrected chi connectivity index (χ4v) is 3.99. The standard InChI is InChI=1S/C25H32FN3O5S/c1-6-7-18(24(32)29-20(17(5)31)12-15(3)30)13-19-9-11-22(35-19)25(33)34-21(16(4)26)10-8-14(2)23(27)28/h8-11,18,20H,2,6-7,12-13H2,1,3-5H3,(H3,27,28)(H,29,32)/b10-8-,21-16-/t18-,20-/m0/s1. The Morgan fingerprint density at radius 1 is 1.23 bits per heavy atom. The van der Waals surface area contributed by atoms with Crippen LogP contribution in [0.3, 0.4) is 0 Å². The summed E-state index contributed by atoms with van der Waals surface area (Å²) in [6.07, 6.45) is 3.96. The van der Waals surface area contributed by atoms with Crippen molar-refractivity contribution >= 4 is 40.6 Å². The Morgan fingerprint density at radius 2 is 1.89 bits per heavy atom. The van der Waals surface area contributed by atoms with Gasteiger partial charge in [0, 0.05) is 22.8 Å². The van der Waals surface area contributed by atoms with Gasteiger partial charge in [-0.3, -0.25) is 19.8 Å². The smallest absolute Gasteiger partial charge is 0.353 e. The summed E-state index contributed by atoms with van der Waals surface area (Å²) in [5, 5.41) is 9.95. The van der Waals surface area contributed by atoms with E-state index in [-0.39, 0.29) is 45.9 Å². The summed E-state index contributed by atoms with van der Waals surface area (Å²) >= 11 is 1.12. The van der Waals surface area contributed by atoms with E-state index in [9.17, 15) is 23.6 Å². The molecule has 0 fully saturated rings. The van der Waals surface area contributed by atoms with Gasteiger partial charge in [-0.1, -0.05) is 19.9 Å². The zero-order valence-corrected chi connectivity index (χ0v) is 21.2. The first-order valence-corrected chi connectivity index (χ1v) is 11.9. The van der Waals surface area contributed by atoms with Crippen molar-refractivity contribution in [2.75, 3.05) is 0 Å². The third-order valence-corrected chi connectivity index (χ3v) is 6.03. The molecule has 0 bridgehead atoms. The van der Waals surface area contributed by atoms with Crippen LogP contribution in [-0.4, -0.2) is 35.3 Å². The highest BCUT2D eigenvalue weighted by Crippen LogP contribution is 2.24. The minimum absolute atomic E-state index is 0.0625. The quantitative estimate of drug-likeness (QED) is 0.114. The number of amides is 1. The summed E-state index contributed by atoms with van der Waals surface area (Å²) in [5.41, 5.74) is 5.43. The van der Waals surface area contributed by atoms with Crippen LogP contribution in [0.15, 0.2) is 48.0 Å². The molecule has 0 aliphatic rings. The number of nitrogens with one attached hydrogen (secondary N) is 2. The van der Waals surface area contributed by atoms with Gasteiger partial charge in [0.25, 0.3) is 0 Å². The van der Waals surface area contributed by atoms with Crippen LogP contribution >= 0.6 is 11.3 Å². The number of thiophene rings is 1. The van der Waals surface area contributed by atoms with Crippen molar-refractivity contribution in [1.29, 1.82) is 5.41 Å². The summed E-state index contributed by atoms with van der Waals surface area (Å²) in [6, 6.07) is 2.35. The van der Waals surface area contributed by atoms with Crippen molar-refractivity contribution < 1.29 is 28.3 Å². The molecule has 0 aliphatic heterocycles. The van der Waals surface area contributed by atoms with Crippen molar-refractivity contribution in [2.24, 2.45) is 11.7 Å².